The van der Waals surface area contributed by atoms with Gasteiger partial charge in [0, 0.05) is 24.5 Å². The third-order valence-electron chi connectivity index (χ3n) is 2.94. The number of hydrogen-bond donors (Lipinski definition) is 0. The van der Waals surface area contributed by atoms with Gasteiger partial charge in [-0.15, -0.1) is 0 Å². The van der Waals surface area contributed by atoms with E-state index in [1.165, 1.54) is 0 Å². The van der Waals surface area contributed by atoms with Crippen LogP contribution < -0.4 is 9.47 Å². The van der Waals surface area contributed by atoms with Gasteiger partial charge in [0.1, 0.15) is 5.82 Å². The molecule has 0 atom stereocenters. The van der Waals surface area contributed by atoms with E-state index in [1.54, 1.807) is 7.11 Å². The summed E-state index contributed by atoms with van der Waals surface area (Å²) in [5.41, 5.74) is 1.03. The molecule has 0 unspecified atom stereocenters. The Bertz CT molecular complexity index is 535. The van der Waals surface area contributed by atoms with Gasteiger partial charge in [0.05, 0.1) is 13.7 Å². The van der Waals surface area contributed by atoms with E-state index in [9.17, 15) is 0 Å². The minimum atomic E-state index is 0.694. The van der Waals surface area contributed by atoms with Gasteiger partial charge in [-0.2, -0.15) is 0 Å². The van der Waals surface area contributed by atoms with Crippen LogP contribution in [0.3, 0.4) is 0 Å². The molecule has 0 aliphatic heterocycles. The summed E-state index contributed by atoms with van der Waals surface area (Å²) in [5, 5.41) is 0. The van der Waals surface area contributed by atoms with Gasteiger partial charge < -0.3 is 14.0 Å². The average Bonchev–Trinajstić information content (AvgIpc) is 2.93. The first-order valence-electron chi connectivity index (χ1n) is 6.62. The molecular weight excluding hydrogens is 240 g/mol. The highest BCUT2D eigenvalue weighted by molar-refractivity contribution is 5.61. The molecule has 0 amide bonds. The minimum absolute atomic E-state index is 0.694. The lowest BCUT2D eigenvalue weighted by Crippen LogP contribution is -1.99. The van der Waals surface area contributed by atoms with Gasteiger partial charge >= 0.3 is 0 Å². The molecule has 4 heteroatoms. The maximum atomic E-state index is 5.65. The number of aryl methyl sites for hydroxylation is 1. The van der Waals surface area contributed by atoms with E-state index in [-0.39, 0.29) is 0 Å². The minimum Gasteiger partial charge on any atom is -0.493 e. The molecule has 0 N–H and O–H groups in total. The summed E-state index contributed by atoms with van der Waals surface area (Å²) in [4.78, 5) is 4.39. The van der Waals surface area contributed by atoms with Gasteiger partial charge in [-0.05, 0) is 31.5 Å². The van der Waals surface area contributed by atoms with Crippen molar-refractivity contribution in [3.8, 4) is 22.9 Å². The first-order chi connectivity index (χ1) is 9.30. The van der Waals surface area contributed by atoms with Gasteiger partial charge in [-0.25, -0.2) is 4.98 Å². The van der Waals surface area contributed by atoms with E-state index in [2.05, 4.69) is 23.4 Å². The van der Waals surface area contributed by atoms with Crippen molar-refractivity contribution in [2.24, 2.45) is 0 Å². The summed E-state index contributed by atoms with van der Waals surface area (Å²) >= 11 is 0. The lowest BCUT2D eigenvalue weighted by atomic mass is 10.2. The van der Waals surface area contributed by atoms with Crippen molar-refractivity contribution in [2.75, 3.05) is 13.7 Å². The van der Waals surface area contributed by atoms with E-state index in [1.807, 2.05) is 30.6 Å². The first-order valence-corrected chi connectivity index (χ1v) is 6.62. The van der Waals surface area contributed by atoms with Crippen molar-refractivity contribution in [3.63, 3.8) is 0 Å². The lowest BCUT2D eigenvalue weighted by molar-refractivity contribution is 0.294. The number of hydrogen-bond acceptors (Lipinski definition) is 3. The fourth-order valence-corrected chi connectivity index (χ4v) is 1.96. The Morgan fingerprint density at radius 2 is 2.05 bits per heavy atom. The molecule has 0 saturated carbocycles. The second-order valence-electron chi connectivity index (χ2n) is 4.25. The second-order valence-corrected chi connectivity index (χ2v) is 4.25. The SMILES string of the molecule is CCCOc1ccc(-c2nccn2CC)cc1OC. The Hall–Kier alpha value is -1.97. The number of ether oxygens (including phenoxy) is 2. The van der Waals surface area contributed by atoms with Crippen LogP contribution in [0.15, 0.2) is 30.6 Å². The van der Waals surface area contributed by atoms with Crippen molar-refractivity contribution in [1.29, 1.82) is 0 Å². The third-order valence-corrected chi connectivity index (χ3v) is 2.94. The van der Waals surface area contributed by atoms with Crippen LogP contribution in [0.25, 0.3) is 11.4 Å². The molecule has 2 rings (SSSR count). The van der Waals surface area contributed by atoms with Crippen molar-refractivity contribution < 1.29 is 9.47 Å². The Kier molecular flexibility index (Phi) is 4.44. The molecule has 1 aromatic heterocycles. The second kappa shape index (κ2) is 6.27. The van der Waals surface area contributed by atoms with E-state index in [0.717, 1.165) is 35.9 Å². The first kappa shape index (κ1) is 13.5. The van der Waals surface area contributed by atoms with E-state index in [0.29, 0.717) is 6.61 Å². The highest BCUT2D eigenvalue weighted by Crippen LogP contribution is 2.32. The van der Waals surface area contributed by atoms with Crippen molar-refractivity contribution in [3.05, 3.63) is 30.6 Å². The van der Waals surface area contributed by atoms with E-state index >= 15 is 0 Å². The predicted molar refractivity (Wildman–Crippen MR) is 75.7 cm³/mol. The topological polar surface area (TPSA) is 36.3 Å². The summed E-state index contributed by atoms with van der Waals surface area (Å²) in [7, 11) is 1.66. The Labute approximate surface area is 114 Å². The summed E-state index contributed by atoms with van der Waals surface area (Å²) in [5.74, 6) is 2.47. The highest BCUT2D eigenvalue weighted by Gasteiger charge is 2.10. The van der Waals surface area contributed by atoms with Gasteiger partial charge in [0.25, 0.3) is 0 Å². The maximum absolute atomic E-state index is 5.65. The molecule has 0 saturated heterocycles. The molecule has 0 radical (unpaired) electrons. The standard InChI is InChI=1S/C15H20N2O2/c1-4-10-19-13-7-6-12(11-14(13)18-3)15-16-8-9-17(15)5-2/h6-9,11H,4-5,10H2,1-3H3. The molecule has 4 nitrogen and oxygen atoms in total. The Morgan fingerprint density at radius 3 is 2.74 bits per heavy atom. The van der Waals surface area contributed by atoms with Crippen LogP contribution in [-0.2, 0) is 6.54 Å². The van der Waals surface area contributed by atoms with E-state index in [4.69, 9.17) is 9.47 Å². The zero-order valence-corrected chi connectivity index (χ0v) is 11.7. The monoisotopic (exact) mass is 260 g/mol. The third kappa shape index (κ3) is 2.89. The van der Waals surface area contributed by atoms with Gasteiger partial charge in [-0.3, -0.25) is 0 Å². The molecule has 1 heterocycles. The Morgan fingerprint density at radius 1 is 1.21 bits per heavy atom. The fourth-order valence-electron chi connectivity index (χ4n) is 1.96. The van der Waals surface area contributed by atoms with E-state index < -0.39 is 0 Å². The van der Waals surface area contributed by atoms with Crippen molar-refractivity contribution >= 4 is 0 Å². The number of aromatic nitrogens is 2. The molecule has 0 bridgehead atoms. The Balaban J connectivity index is 2.33. The zero-order chi connectivity index (χ0) is 13.7. The maximum Gasteiger partial charge on any atom is 0.161 e. The van der Waals surface area contributed by atoms with Gasteiger partial charge in [0.2, 0.25) is 0 Å². The van der Waals surface area contributed by atoms with Crippen LogP contribution in [0.1, 0.15) is 20.3 Å². The normalized spacial score (nSPS) is 10.5. The molecular formula is C15H20N2O2. The summed E-state index contributed by atoms with van der Waals surface area (Å²) in [6.07, 6.45) is 4.77. The summed E-state index contributed by atoms with van der Waals surface area (Å²) < 4.78 is 13.1. The molecule has 2 aromatic rings. The van der Waals surface area contributed by atoms with Crippen LogP contribution in [0.5, 0.6) is 11.5 Å². The summed E-state index contributed by atoms with van der Waals surface area (Å²) in [6, 6.07) is 5.93. The molecule has 0 spiro atoms. The van der Waals surface area contributed by atoms with Gasteiger partial charge in [-0.1, -0.05) is 6.92 Å². The predicted octanol–water partition coefficient (Wildman–Crippen LogP) is 3.37. The van der Waals surface area contributed by atoms with Crippen LogP contribution in [0, 0.1) is 0 Å². The van der Waals surface area contributed by atoms with Crippen molar-refractivity contribution in [1.82, 2.24) is 9.55 Å². The lowest BCUT2D eigenvalue weighted by Gasteiger charge is -2.12. The molecule has 102 valence electrons. The molecule has 19 heavy (non-hydrogen) atoms. The molecule has 0 fully saturated rings. The summed E-state index contributed by atoms with van der Waals surface area (Å²) in [6.45, 7) is 5.77. The van der Waals surface area contributed by atoms with Gasteiger partial charge in [0.15, 0.2) is 11.5 Å². The number of methoxy groups -OCH3 is 1. The number of rotatable bonds is 6. The number of nitrogens with zero attached hydrogens (tertiary/aromatic N) is 2. The highest BCUT2D eigenvalue weighted by atomic mass is 16.5. The van der Waals surface area contributed by atoms with Crippen LogP contribution >= 0.6 is 0 Å². The zero-order valence-electron chi connectivity index (χ0n) is 11.7. The largest absolute Gasteiger partial charge is 0.493 e. The fraction of sp³-hybridized carbons (Fsp3) is 0.400. The van der Waals surface area contributed by atoms with Crippen LogP contribution in [0.2, 0.25) is 0 Å². The molecule has 1 aromatic carbocycles. The van der Waals surface area contributed by atoms with Crippen LogP contribution in [0.4, 0.5) is 0 Å². The number of imidazole rings is 1. The quantitative estimate of drug-likeness (QED) is 0.799. The molecule has 0 aliphatic carbocycles. The smallest absolute Gasteiger partial charge is 0.161 e. The van der Waals surface area contributed by atoms with Crippen molar-refractivity contribution in [2.45, 2.75) is 26.8 Å². The number of benzene rings is 1. The molecule has 0 aliphatic rings. The van der Waals surface area contributed by atoms with Crippen LogP contribution in [-0.4, -0.2) is 23.3 Å². The average molecular weight is 260 g/mol.